The van der Waals surface area contributed by atoms with E-state index in [2.05, 4.69) is 5.32 Å². The van der Waals surface area contributed by atoms with Gasteiger partial charge in [0.1, 0.15) is 9.77 Å². The molecule has 1 amide bonds. The highest BCUT2D eigenvalue weighted by atomic mass is 32.2. The lowest BCUT2D eigenvalue weighted by atomic mass is 10.0. The molecule has 0 aliphatic carbocycles. The van der Waals surface area contributed by atoms with Gasteiger partial charge in [0.2, 0.25) is 10.0 Å². The Morgan fingerprint density at radius 2 is 1.89 bits per heavy atom. The lowest BCUT2D eigenvalue weighted by Crippen LogP contribution is -2.31. The fourth-order valence-electron chi connectivity index (χ4n) is 3.06. The zero-order valence-electron chi connectivity index (χ0n) is 15.0. The topological polar surface area (TPSA) is 66.5 Å². The van der Waals surface area contributed by atoms with Crippen LogP contribution in [0.3, 0.4) is 0 Å². The maximum Gasteiger partial charge on any atom is 0.416 e. The van der Waals surface area contributed by atoms with E-state index in [1.807, 2.05) is 0 Å². The number of halogens is 3. The third-order valence-corrected chi connectivity index (χ3v) is 7.56. The molecular formula is C18H19F3N2O3S2. The molecule has 1 saturated heterocycles. The van der Waals surface area contributed by atoms with E-state index in [-0.39, 0.29) is 15.3 Å². The number of amides is 1. The number of carbonyl (C=O) groups excluding carboxylic acids is 1. The summed E-state index contributed by atoms with van der Waals surface area (Å²) in [7, 11) is -3.76. The van der Waals surface area contributed by atoms with E-state index in [0.29, 0.717) is 13.1 Å². The second-order valence-electron chi connectivity index (χ2n) is 6.54. The maximum absolute atomic E-state index is 12.9. The van der Waals surface area contributed by atoms with Gasteiger partial charge in [-0.15, -0.1) is 11.3 Å². The van der Waals surface area contributed by atoms with Crippen molar-refractivity contribution in [3.63, 3.8) is 0 Å². The molecule has 1 fully saturated rings. The molecular weight excluding hydrogens is 413 g/mol. The maximum atomic E-state index is 12.9. The van der Waals surface area contributed by atoms with Crippen LogP contribution in [0.1, 0.15) is 46.6 Å². The van der Waals surface area contributed by atoms with E-state index < -0.39 is 33.7 Å². The molecule has 1 aliphatic rings. The summed E-state index contributed by atoms with van der Waals surface area (Å²) in [5.41, 5.74) is -0.525. The average molecular weight is 432 g/mol. The number of benzene rings is 1. The Bertz CT molecular complexity index is 964. The van der Waals surface area contributed by atoms with Gasteiger partial charge >= 0.3 is 6.18 Å². The zero-order valence-corrected chi connectivity index (χ0v) is 16.6. The first-order valence-electron chi connectivity index (χ1n) is 8.66. The van der Waals surface area contributed by atoms with Crippen LogP contribution in [-0.4, -0.2) is 31.7 Å². The van der Waals surface area contributed by atoms with Crippen LogP contribution >= 0.6 is 11.3 Å². The summed E-state index contributed by atoms with van der Waals surface area (Å²) in [5, 5.41) is 4.12. The number of nitrogens with zero attached hydrogens (tertiary/aromatic N) is 1. The first kappa shape index (κ1) is 20.8. The number of thiophene rings is 1. The fraction of sp³-hybridized carbons (Fsp3) is 0.389. The lowest BCUT2D eigenvalue weighted by molar-refractivity contribution is -0.137. The Kier molecular flexibility index (Phi) is 5.83. The predicted molar refractivity (Wildman–Crippen MR) is 99.6 cm³/mol. The first-order chi connectivity index (χ1) is 13.1. The number of hydrogen-bond donors (Lipinski definition) is 1. The summed E-state index contributed by atoms with van der Waals surface area (Å²) in [6.07, 6.45) is -2.93. The molecule has 0 spiro atoms. The van der Waals surface area contributed by atoms with Gasteiger partial charge in [-0.05, 0) is 48.9 Å². The van der Waals surface area contributed by atoms with Gasteiger partial charge in [-0.25, -0.2) is 8.42 Å². The Morgan fingerprint density at radius 1 is 1.21 bits per heavy atom. The number of nitrogens with one attached hydrogen (secondary N) is 1. The van der Waals surface area contributed by atoms with Crippen molar-refractivity contribution < 1.29 is 26.4 Å². The van der Waals surface area contributed by atoms with Gasteiger partial charge in [0.15, 0.2) is 0 Å². The third-order valence-electron chi connectivity index (χ3n) is 4.58. The van der Waals surface area contributed by atoms with Crippen molar-refractivity contribution in [3.8, 4) is 0 Å². The summed E-state index contributed by atoms with van der Waals surface area (Å²) in [6.45, 7) is 2.38. The third kappa shape index (κ3) is 4.23. The fourth-order valence-corrected chi connectivity index (χ4v) is 5.88. The van der Waals surface area contributed by atoms with Gasteiger partial charge in [0.05, 0.1) is 11.6 Å². The van der Waals surface area contributed by atoms with Crippen LogP contribution in [-0.2, 0) is 16.2 Å². The monoisotopic (exact) mass is 432 g/mol. The Labute approximate surface area is 165 Å². The average Bonchev–Trinajstić information content (AvgIpc) is 3.33. The molecule has 1 aromatic carbocycles. The normalized spacial score (nSPS) is 16.9. The highest BCUT2D eigenvalue weighted by Crippen LogP contribution is 2.31. The van der Waals surface area contributed by atoms with Crippen molar-refractivity contribution in [1.82, 2.24) is 9.62 Å². The lowest BCUT2D eigenvalue weighted by Gasteiger charge is -2.18. The van der Waals surface area contributed by atoms with Gasteiger partial charge in [-0.3, -0.25) is 4.79 Å². The van der Waals surface area contributed by atoms with Crippen LogP contribution in [0.15, 0.2) is 40.6 Å². The van der Waals surface area contributed by atoms with Crippen LogP contribution in [0, 0.1) is 0 Å². The largest absolute Gasteiger partial charge is 0.416 e. The molecule has 1 atom stereocenters. The van der Waals surface area contributed by atoms with Gasteiger partial charge in [-0.2, -0.15) is 17.5 Å². The van der Waals surface area contributed by atoms with Crippen LogP contribution in [0.25, 0.3) is 0 Å². The van der Waals surface area contributed by atoms with E-state index in [9.17, 15) is 26.4 Å². The number of hydrogen-bond acceptors (Lipinski definition) is 4. The predicted octanol–water partition coefficient (Wildman–Crippen LogP) is 4.04. The summed E-state index contributed by atoms with van der Waals surface area (Å²) in [6, 6.07) is 5.35. The molecule has 1 aliphatic heterocycles. The van der Waals surface area contributed by atoms with Crippen molar-refractivity contribution in [3.05, 3.63) is 51.7 Å². The Morgan fingerprint density at radius 3 is 2.54 bits per heavy atom. The number of sulfonamides is 1. The number of carbonyl (C=O) groups is 1. The Hall–Kier alpha value is -1.91. The molecule has 2 aromatic rings. The number of rotatable bonds is 5. The van der Waals surface area contributed by atoms with Crippen molar-refractivity contribution in [2.75, 3.05) is 13.1 Å². The smallest absolute Gasteiger partial charge is 0.345 e. The highest BCUT2D eigenvalue weighted by molar-refractivity contribution is 7.89. The molecule has 0 saturated carbocycles. The summed E-state index contributed by atoms with van der Waals surface area (Å²) >= 11 is 0.990. The SMILES string of the molecule is CC(NC(=O)c1sccc1S(=O)(=O)N1CCCC1)c1cccc(C(F)(F)F)c1. The van der Waals surface area contributed by atoms with Crippen LogP contribution in [0.4, 0.5) is 13.2 Å². The molecule has 0 radical (unpaired) electrons. The van der Waals surface area contributed by atoms with Crippen molar-refractivity contribution in [2.45, 2.75) is 36.9 Å². The van der Waals surface area contributed by atoms with Gasteiger partial charge in [-0.1, -0.05) is 12.1 Å². The number of alkyl halides is 3. The first-order valence-corrected chi connectivity index (χ1v) is 11.0. The molecule has 2 heterocycles. The van der Waals surface area contributed by atoms with Gasteiger partial charge in [0, 0.05) is 13.1 Å². The molecule has 3 rings (SSSR count). The molecule has 0 bridgehead atoms. The quantitative estimate of drug-likeness (QED) is 0.776. The van der Waals surface area contributed by atoms with Crippen molar-refractivity contribution >= 4 is 27.3 Å². The summed E-state index contributed by atoms with van der Waals surface area (Å²) in [5.74, 6) is -0.627. The standard InChI is InChI=1S/C18H19F3N2O3S2/c1-12(13-5-4-6-14(11-13)18(19,20)21)22-17(24)16-15(7-10-27-16)28(25,26)23-8-2-3-9-23/h4-7,10-12H,2-3,8-9H2,1H3,(H,22,24). The summed E-state index contributed by atoms with van der Waals surface area (Å²) in [4.78, 5) is 12.6. The molecule has 1 N–H and O–H groups in total. The minimum absolute atomic E-state index is 0.0331. The zero-order chi connectivity index (χ0) is 20.5. The van der Waals surface area contributed by atoms with E-state index in [4.69, 9.17) is 0 Å². The minimum atomic E-state index is -4.48. The molecule has 5 nitrogen and oxygen atoms in total. The second-order valence-corrected chi connectivity index (χ2v) is 9.37. The van der Waals surface area contributed by atoms with Gasteiger partial charge < -0.3 is 5.32 Å². The second kappa shape index (κ2) is 7.84. The molecule has 1 unspecified atom stereocenters. The Balaban J connectivity index is 1.80. The minimum Gasteiger partial charge on any atom is -0.345 e. The molecule has 10 heteroatoms. The van der Waals surface area contributed by atoms with E-state index in [1.165, 1.54) is 27.9 Å². The van der Waals surface area contributed by atoms with Crippen LogP contribution < -0.4 is 5.32 Å². The molecule has 152 valence electrons. The van der Waals surface area contributed by atoms with E-state index in [0.717, 1.165) is 36.3 Å². The van der Waals surface area contributed by atoms with Gasteiger partial charge in [0.25, 0.3) is 5.91 Å². The van der Waals surface area contributed by atoms with Crippen LogP contribution in [0.2, 0.25) is 0 Å². The van der Waals surface area contributed by atoms with Crippen molar-refractivity contribution in [2.24, 2.45) is 0 Å². The molecule has 1 aromatic heterocycles. The van der Waals surface area contributed by atoms with Crippen molar-refractivity contribution in [1.29, 1.82) is 0 Å². The van der Waals surface area contributed by atoms with Crippen LogP contribution in [0.5, 0.6) is 0 Å². The molecule has 28 heavy (non-hydrogen) atoms. The van der Waals surface area contributed by atoms with E-state index >= 15 is 0 Å². The highest BCUT2D eigenvalue weighted by Gasteiger charge is 2.33. The summed E-state index contributed by atoms with van der Waals surface area (Å²) < 4.78 is 65.5. The van der Waals surface area contributed by atoms with E-state index in [1.54, 1.807) is 6.92 Å².